The van der Waals surface area contributed by atoms with E-state index in [1.807, 2.05) is 18.2 Å². The third-order valence-corrected chi connectivity index (χ3v) is 7.42. The molecular weight excluding hydrogens is 504 g/mol. The quantitative estimate of drug-likeness (QED) is 0.0602. The van der Waals surface area contributed by atoms with E-state index in [0.29, 0.717) is 0 Å². The summed E-state index contributed by atoms with van der Waals surface area (Å²) < 4.78 is 8.96. The fourth-order valence-corrected chi connectivity index (χ4v) is 4.89. The molecule has 6 nitrogen and oxygen atoms in total. The van der Waals surface area contributed by atoms with Crippen LogP contribution < -0.4 is 0 Å². The highest BCUT2D eigenvalue weighted by atomic mass is 16.6. The minimum atomic E-state index is -0.402. The van der Waals surface area contributed by atoms with Gasteiger partial charge in [-0.15, -0.1) is 0 Å². The fraction of sp³-hybridized carbons (Fsp3) is 0.765. The Labute approximate surface area is 243 Å². The molecule has 0 aromatic heterocycles. The van der Waals surface area contributed by atoms with Crippen molar-refractivity contribution in [2.45, 2.75) is 149 Å². The smallest absolute Gasteiger partial charge is 0.321 e. The van der Waals surface area contributed by atoms with E-state index in [1.54, 1.807) is 6.08 Å². The molecule has 0 aromatic rings. The van der Waals surface area contributed by atoms with Gasteiger partial charge in [0.25, 0.3) is 0 Å². The lowest BCUT2D eigenvalue weighted by Crippen LogP contribution is -2.03. The second kappa shape index (κ2) is 23.5. The molecule has 0 N–H and O–H groups in total. The second-order valence-corrected chi connectivity index (χ2v) is 11.8. The Balaban J connectivity index is 0.000000453. The molecule has 2 aliphatic rings. The number of allylic oxidation sites excluding steroid dienone is 2. The zero-order chi connectivity index (χ0) is 29.4. The van der Waals surface area contributed by atoms with Gasteiger partial charge < -0.3 is 9.47 Å². The molecule has 2 aliphatic heterocycles. The molecule has 0 aliphatic carbocycles. The molecule has 0 amide bonds. The van der Waals surface area contributed by atoms with Crippen molar-refractivity contribution < 1.29 is 28.7 Å². The molecule has 0 radical (unpaired) electrons. The first-order valence-electron chi connectivity index (χ1n) is 16.2. The molecule has 0 bridgehead atoms. The summed E-state index contributed by atoms with van der Waals surface area (Å²) in [6.45, 7) is 6.80. The number of rotatable bonds is 21. The number of carbonyl (C=O) groups excluding carboxylic acids is 4. The summed E-state index contributed by atoms with van der Waals surface area (Å²) in [5, 5.41) is 0. The van der Waals surface area contributed by atoms with Gasteiger partial charge in [0.05, 0.1) is 24.7 Å². The highest BCUT2D eigenvalue weighted by Gasteiger charge is 2.31. The number of hydrogen-bond acceptors (Lipinski definition) is 6. The van der Waals surface area contributed by atoms with Gasteiger partial charge in [0.15, 0.2) is 0 Å². The van der Waals surface area contributed by atoms with E-state index in [-0.39, 0.29) is 30.6 Å². The lowest BCUT2D eigenvalue weighted by Gasteiger charge is -2.04. The molecule has 40 heavy (non-hydrogen) atoms. The standard InChI is InChI=1S/C22H38O3.C12H18O3/c1-19(2)16-14-12-10-8-6-4-3-5-7-9-11-13-15-17-20-18-21(23)25-22(20)24;1-2-3-4-5-6-7-8-10-9-11(13)15-12(10)14/h15,17,19-20H,3-14,16,18H2,1-2H3;7-8,10H,2-6,9H2,1H3. The minimum Gasteiger partial charge on any atom is -0.393 e. The molecule has 2 fully saturated rings. The third kappa shape index (κ3) is 18.9. The molecule has 0 saturated carbocycles. The van der Waals surface area contributed by atoms with Crippen LogP contribution in [0, 0.1) is 17.8 Å². The number of esters is 4. The van der Waals surface area contributed by atoms with Crippen LogP contribution in [-0.4, -0.2) is 23.9 Å². The van der Waals surface area contributed by atoms with Crippen LogP contribution in [0.25, 0.3) is 0 Å². The molecule has 0 aromatic carbocycles. The summed E-state index contributed by atoms with van der Waals surface area (Å²) in [5.74, 6) is -1.39. The van der Waals surface area contributed by atoms with Crippen LogP contribution in [0.1, 0.15) is 149 Å². The van der Waals surface area contributed by atoms with Gasteiger partial charge in [-0.1, -0.05) is 135 Å². The van der Waals surface area contributed by atoms with Crippen molar-refractivity contribution in [3.05, 3.63) is 24.3 Å². The Morgan fingerprint density at radius 2 is 0.975 bits per heavy atom. The number of unbranched alkanes of at least 4 members (excludes halogenated alkanes) is 15. The Bertz CT molecular complexity index is 781. The largest absolute Gasteiger partial charge is 0.393 e. The number of carbonyl (C=O) groups is 4. The molecular formula is C34H56O6. The second-order valence-electron chi connectivity index (χ2n) is 11.8. The van der Waals surface area contributed by atoms with E-state index in [9.17, 15) is 19.2 Å². The Morgan fingerprint density at radius 3 is 1.32 bits per heavy atom. The van der Waals surface area contributed by atoms with Crippen molar-refractivity contribution in [2.24, 2.45) is 17.8 Å². The van der Waals surface area contributed by atoms with Gasteiger partial charge in [-0.05, 0) is 31.6 Å². The highest BCUT2D eigenvalue weighted by molar-refractivity contribution is 5.96. The molecule has 0 spiro atoms. The first kappa shape index (κ1) is 35.8. The van der Waals surface area contributed by atoms with Gasteiger partial charge in [-0.2, -0.15) is 0 Å². The first-order valence-corrected chi connectivity index (χ1v) is 16.2. The van der Waals surface area contributed by atoms with Gasteiger partial charge in [0.2, 0.25) is 0 Å². The normalized spacial score (nSPS) is 19.1. The summed E-state index contributed by atoms with van der Waals surface area (Å²) in [6.07, 6.45) is 31.2. The molecule has 2 heterocycles. The minimum absolute atomic E-state index is 0.213. The number of ether oxygens (including phenoxy) is 2. The number of hydrogen-bond donors (Lipinski definition) is 0. The van der Waals surface area contributed by atoms with Crippen LogP contribution in [0.4, 0.5) is 0 Å². The SMILES string of the molecule is CC(C)CCCCCCCCCCCCCC=CC1CC(=O)OC1=O.CCCCCCC=CC1CC(=O)OC1=O. The van der Waals surface area contributed by atoms with Crippen molar-refractivity contribution in [3.63, 3.8) is 0 Å². The molecule has 2 rings (SSSR count). The monoisotopic (exact) mass is 560 g/mol. The van der Waals surface area contributed by atoms with E-state index < -0.39 is 17.9 Å². The molecule has 2 atom stereocenters. The zero-order valence-electron chi connectivity index (χ0n) is 25.6. The van der Waals surface area contributed by atoms with Crippen molar-refractivity contribution in [1.29, 1.82) is 0 Å². The van der Waals surface area contributed by atoms with Crippen molar-refractivity contribution in [1.82, 2.24) is 0 Å². The van der Waals surface area contributed by atoms with Crippen LogP contribution in [0.2, 0.25) is 0 Å². The van der Waals surface area contributed by atoms with Gasteiger partial charge in [-0.25, -0.2) is 0 Å². The van der Waals surface area contributed by atoms with Gasteiger partial charge in [0.1, 0.15) is 0 Å². The maximum atomic E-state index is 11.3. The summed E-state index contributed by atoms with van der Waals surface area (Å²) in [7, 11) is 0. The van der Waals surface area contributed by atoms with Gasteiger partial charge in [0, 0.05) is 0 Å². The van der Waals surface area contributed by atoms with E-state index in [4.69, 9.17) is 0 Å². The van der Waals surface area contributed by atoms with E-state index in [1.165, 1.54) is 96.3 Å². The van der Waals surface area contributed by atoms with Crippen LogP contribution in [0.3, 0.4) is 0 Å². The average Bonchev–Trinajstić information content (AvgIpc) is 3.41. The summed E-state index contributed by atoms with van der Waals surface area (Å²) in [6, 6.07) is 0. The topological polar surface area (TPSA) is 86.7 Å². The maximum Gasteiger partial charge on any atom is 0.321 e. The summed E-state index contributed by atoms with van der Waals surface area (Å²) in [4.78, 5) is 44.1. The molecule has 6 heteroatoms. The average molecular weight is 561 g/mol. The van der Waals surface area contributed by atoms with Gasteiger partial charge >= 0.3 is 23.9 Å². The lowest BCUT2D eigenvalue weighted by atomic mass is 10.0. The van der Waals surface area contributed by atoms with Crippen LogP contribution in [-0.2, 0) is 28.7 Å². The fourth-order valence-electron chi connectivity index (χ4n) is 4.89. The van der Waals surface area contributed by atoms with Crippen molar-refractivity contribution in [2.75, 3.05) is 0 Å². The maximum absolute atomic E-state index is 11.3. The third-order valence-electron chi connectivity index (χ3n) is 7.42. The first-order chi connectivity index (χ1) is 19.3. The zero-order valence-corrected chi connectivity index (χ0v) is 25.6. The lowest BCUT2D eigenvalue weighted by molar-refractivity contribution is -0.154. The van der Waals surface area contributed by atoms with Gasteiger partial charge in [-0.3, -0.25) is 19.2 Å². The van der Waals surface area contributed by atoms with E-state index >= 15 is 0 Å². The Hall–Kier alpha value is -2.24. The highest BCUT2D eigenvalue weighted by Crippen LogP contribution is 2.19. The van der Waals surface area contributed by atoms with Crippen LogP contribution in [0.15, 0.2) is 24.3 Å². The molecule has 2 saturated heterocycles. The number of cyclic esters (lactones) is 4. The van der Waals surface area contributed by atoms with Crippen LogP contribution >= 0.6 is 0 Å². The van der Waals surface area contributed by atoms with Crippen molar-refractivity contribution in [3.8, 4) is 0 Å². The summed E-state index contributed by atoms with van der Waals surface area (Å²) in [5.41, 5.74) is 0. The van der Waals surface area contributed by atoms with Crippen LogP contribution in [0.5, 0.6) is 0 Å². The van der Waals surface area contributed by atoms with Crippen molar-refractivity contribution >= 4 is 23.9 Å². The molecule has 2 unspecified atom stereocenters. The van der Waals surface area contributed by atoms with E-state index in [0.717, 1.165) is 25.2 Å². The predicted molar refractivity (Wildman–Crippen MR) is 160 cm³/mol. The summed E-state index contributed by atoms with van der Waals surface area (Å²) >= 11 is 0. The molecule has 228 valence electrons. The Kier molecular flexibility index (Phi) is 21.0. The predicted octanol–water partition coefficient (Wildman–Crippen LogP) is 8.96. The van der Waals surface area contributed by atoms with E-state index in [2.05, 4.69) is 30.2 Å². The Morgan fingerprint density at radius 1 is 0.600 bits per heavy atom.